The lowest BCUT2D eigenvalue weighted by molar-refractivity contribution is 0.414. The molecule has 19 heavy (non-hydrogen) atoms. The summed E-state index contributed by atoms with van der Waals surface area (Å²) in [6.07, 6.45) is 0.771. The predicted molar refractivity (Wildman–Crippen MR) is 87.1 cm³/mol. The Kier molecular flexibility index (Phi) is 5.31. The van der Waals surface area contributed by atoms with Crippen LogP contribution in [0.4, 0.5) is 0 Å². The summed E-state index contributed by atoms with van der Waals surface area (Å²) in [6, 6.07) is 14.0. The van der Waals surface area contributed by atoms with Crippen molar-refractivity contribution in [3.63, 3.8) is 0 Å². The van der Waals surface area contributed by atoms with Crippen LogP contribution in [0.25, 0.3) is 0 Å². The Bertz CT molecular complexity index is 572. The first kappa shape index (κ1) is 14.9. The summed E-state index contributed by atoms with van der Waals surface area (Å²) < 4.78 is 7.31. The largest absolute Gasteiger partial charge is 0.497 e. The van der Waals surface area contributed by atoms with Gasteiger partial charge in [-0.1, -0.05) is 44.0 Å². The van der Waals surface area contributed by atoms with Crippen molar-refractivity contribution in [3.8, 4) is 5.75 Å². The molecule has 0 aromatic heterocycles. The third-order valence-corrected chi connectivity index (χ3v) is 4.45. The standard InChI is InChI=1S/C15H13Br2ClO/c1-19-12-5-6-14(17)13(9-12)15(18)8-10-3-2-4-11(16)7-10/h2-7,9,15H,8H2,1H3. The maximum Gasteiger partial charge on any atom is 0.119 e. The lowest BCUT2D eigenvalue weighted by Gasteiger charge is -2.13. The molecule has 0 fully saturated rings. The van der Waals surface area contributed by atoms with Crippen LogP contribution in [0.2, 0.25) is 0 Å². The Morgan fingerprint density at radius 1 is 1.16 bits per heavy atom. The Labute approximate surface area is 135 Å². The maximum absolute atomic E-state index is 6.53. The normalized spacial score (nSPS) is 12.2. The molecule has 0 spiro atoms. The second kappa shape index (κ2) is 6.78. The lowest BCUT2D eigenvalue weighted by Crippen LogP contribution is -1.98. The first-order chi connectivity index (χ1) is 9.10. The topological polar surface area (TPSA) is 9.23 Å². The van der Waals surface area contributed by atoms with E-state index in [1.165, 1.54) is 5.56 Å². The first-order valence-electron chi connectivity index (χ1n) is 5.82. The van der Waals surface area contributed by atoms with Gasteiger partial charge < -0.3 is 4.74 Å². The summed E-state index contributed by atoms with van der Waals surface area (Å²) in [6.45, 7) is 0. The third-order valence-electron chi connectivity index (χ3n) is 2.84. The minimum absolute atomic E-state index is 0.0984. The van der Waals surface area contributed by atoms with Gasteiger partial charge in [0.05, 0.1) is 12.5 Å². The molecule has 0 aliphatic heterocycles. The summed E-state index contributed by atoms with van der Waals surface area (Å²) in [5, 5.41) is -0.0984. The molecule has 100 valence electrons. The van der Waals surface area contributed by atoms with Gasteiger partial charge in [-0.3, -0.25) is 0 Å². The van der Waals surface area contributed by atoms with Crippen LogP contribution in [0, 0.1) is 0 Å². The number of hydrogen-bond donors (Lipinski definition) is 0. The zero-order valence-corrected chi connectivity index (χ0v) is 14.3. The van der Waals surface area contributed by atoms with Crippen molar-refractivity contribution in [2.45, 2.75) is 11.8 Å². The van der Waals surface area contributed by atoms with E-state index in [1.807, 2.05) is 30.3 Å². The van der Waals surface area contributed by atoms with E-state index in [2.05, 4.69) is 44.0 Å². The van der Waals surface area contributed by atoms with Crippen molar-refractivity contribution in [2.24, 2.45) is 0 Å². The SMILES string of the molecule is COc1ccc(Br)c(C(Cl)Cc2cccc(Br)c2)c1. The molecule has 0 radical (unpaired) electrons. The highest BCUT2D eigenvalue weighted by Crippen LogP contribution is 2.34. The predicted octanol–water partition coefficient (Wildman–Crippen LogP) is 5.74. The van der Waals surface area contributed by atoms with Crippen molar-refractivity contribution >= 4 is 43.5 Å². The summed E-state index contributed by atoms with van der Waals surface area (Å²) in [5.74, 6) is 0.818. The third kappa shape index (κ3) is 3.98. The van der Waals surface area contributed by atoms with Crippen molar-refractivity contribution in [1.29, 1.82) is 0 Å². The van der Waals surface area contributed by atoms with Crippen LogP contribution < -0.4 is 4.74 Å². The molecule has 4 heteroatoms. The van der Waals surface area contributed by atoms with Crippen molar-refractivity contribution in [2.75, 3.05) is 7.11 Å². The van der Waals surface area contributed by atoms with Crippen molar-refractivity contribution < 1.29 is 4.74 Å². The van der Waals surface area contributed by atoms with E-state index in [0.717, 1.165) is 26.7 Å². The summed E-state index contributed by atoms with van der Waals surface area (Å²) in [5.41, 5.74) is 2.24. The fourth-order valence-corrected chi connectivity index (χ4v) is 3.33. The quantitative estimate of drug-likeness (QED) is 0.590. The molecule has 1 unspecified atom stereocenters. The van der Waals surface area contributed by atoms with E-state index >= 15 is 0 Å². The average Bonchev–Trinajstić information content (AvgIpc) is 2.39. The molecular formula is C15H13Br2ClO. The van der Waals surface area contributed by atoms with E-state index in [4.69, 9.17) is 16.3 Å². The molecule has 0 saturated heterocycles. The minimum atomic E-state index is -0.0984. The average molecular weight is 405 g/mol. The second-order valence-corrected chi connectivity index (χ2v) is 6.49. The molecule has 0 amide bonds. The van der Waals surface area contributed by atoms with Gasteiger partial charge >= 0.3 is 0 Å². The van der Waals surface area contributed by atoms with Gasteiger partial charge in [0.25, 0.3) is 0 Å². The summed E-state index contributed by atoms with van der Waals surface area (Å²) in [4.78, 5) is 0. The molecule has 0 saturated carbocycles. The van der Waals surface area contributed by atoms with Gasteiger partial charge in [0, 0.05) is 8.95 Å². The zero-order chi connectivity index (χ0) is 13.8. The highest BCUT2D eigenvalue weighted by atomic mass is 79.9. The highest BCUT2D eigenvalue weighted by molar-refractivity contribution is 9.10. The van der Waals surface area contributed by atoms with Gasteiger partial charge in [-0.2, -0.15) is 0 Å². The monoisotopic (exact) mass is 402 g/mol. The van der Waals surface area contributed by atoms with Crippen molar-refractivity contribution in [3.05, 3.63) is 62.5 Å². The molecule has 1 atom stereocenters. The molecule has 0 bridgehead atoms. The van der Waals surface area contributed by atoms with Gasteiger partial charge in [0.15, 0.2) is 0 Å². The summed E-state index contributed by atoms with van der Waals surface area (Å²) in [7, 11) is 1.66. The Balaban J connectivity index is 2.22. The fraction of sp³-hybridized carbons (Fsp3) is 0.200. The van der Waals surface area contributed by atoms with Gasteiger partial charge in [-0.25, -0.2) is 0 Å². The minimum Gasteiger partial charge on any atom is -0.497 e. The number of hydrogen-bond acceptors (Lipinski definition) is 1. The Morgan fingerprint density at radius 2 is 1.95 bits per heavy atom. The van der Waals surface area contributed by atoms with Gasteiger partial charge in [-0.15, -0.1) is 11.6 Å². The second-order valence-electron chi connectivity index (χ2n) is 4.19. The number of benzene rings is 2. The molecule has 0 heterocycles. The van der Waals surface area contributed by atoms with Crippen LogP contribution in [0.3, 0.4) is 0 Å². The number of alkyl halides is 1. The number of methoxy groups -OCH3 is 1. The Hall–Kier alpha value is -0.510. The first-order valence-corrected chi connectivity index (χ1v) is 7.84. The number of ether oxygens (including phenoxy) is 1. The van der Waals surface area contributed by atoms with Crippen molar-refractivity contribution in [1.82, 2.24) is 0 Å². The van der Waals surface area contributed by atoms with Gasteiger partial charge in [-0.05, 0) is 47.9 Å². The van der Waals surface area contributed by atoms with E-state index in [-0.39, 0.29) is 5.38 Å². The molecule has 0 N–H and O–H groups in total. The molecule has 0 aliphatic rings. The smallest absolute Gasteiger partial charge is 0.119 e. The van der Waals surface area contributed by atoms with E-state index in [9.17, 15) is 0 Å². The van der Waals surface area contributed by atoms with Crippen LogP contribution in [0.1, 0.15) is 16.5 Å². The number of rotatable bonds is 4. The molecule has 1 nitrogen and oxygen atoms in total. The van der Waals surface area contributed by atoms with E-state index in [1.54, 1.807) is 7.11 Å². The highest BCUT2D eigenvalue weighted by Gasteiger charge is 2.13. The molecule has 2 aromatic rings. The molecule has 2 aromatic carbocycles. The van der Waals surface area contributed by atoms with E-state index in [0.29, 0.717) is 0 Å². The van der Waals surface area contributed by atoms with Crippen LogP contribution in [-0.2, 0) is 6.42 Å². The molecular weight excluding hydrogens is 391 g/mol. The summed E-state index contributed by atoms with van der Waals surface area (Å²) >= 11 is 13.5. The van der Waals surface area contributed by atoms with Crippen LogP contribution in [0.15, 0.2) is 51.4 Å². The Morgan fingerprint density at radius 3 is 2.63 bits per heavy atom. The fourth-order valence-electron chi connectivity index (χ4n) is 1.87. The number of halogens is 3. The lowest BCUT2D eigenvalue weighted by atomic mass is 10.0. The van der Waals surface area contributed by atoms with Crippen LogP contribution in [-0.4, -0.2) is 7.11 Å². The van der Waals surface area contributed by atoms with Crippen LogP contribution >= 0.6 is 43.5 Å². The van der Waals surface area contributed by atoms with Crippen LogP contribution in [0.5, 0.6) is 5.75 Å². The zero-order valence-electron chi connectivity index (χ0n) is 10.4. The molecule has 0 aliphatic carbocycles. The van der Waals surface area contributed by atoms with E-state index < -0.39 is 0 Å². The van der Waals surface area contributed by atoms with Gasteiger partial charge in [0.2, 0.25) is 0 Å². The van der Waals surface area contributed by atoms with Gasteiger partial charge in [0.1, 0.15) is 5.75 Å². The molecule has 2 rings (SSSR count). The maximum atomic E-state index is 6.53.